The quantitative estimate of drug-likeness (QED) is 0.690. The fourth-order valence-electron chi connectivity index (χ4n) is 1.72. The van der Waals surface area contributed by atoms with E-state index in [4.69, 9.17) is 11.6 Å². The summed E-state index contributed by atoms with van der Waals surface area (Å²) in [6.45, 7) is 1.92. The van der Waals surface area contributed by atoms with E-state index >= 15 is 0 Å². The molecule has 0 radical (unpaired) electrons. The highest BCUT2D eigenvalue weighted by Crippen LogP contribution is 2.25. The van der Waals surface area contributed by atoms with Crippen molar-refractivity contribution < 1.29 is 9.72 Å². The molecule has 0 spiro atoms. The van der Waals surface area contributed by atoms with Gasteiger partial charge in [-0.1, -0.05) is 23.7 Å². The molecule has 0 aliphatic rings. The summed E-state index contributed by atoms with van der Waals surface area (Å²) in [5, 5.41) is 13.3. The van der Waals surface area contributed by atoms with Gasteiger partial charge in [0.1, 0.15) is 5.02 Å². The SMILES string of the molecule is Cc1cccc(NC(=O)c2ccc([N+](=O)[O-])c(Cl)c2)c1. The fourth-order valence-corrected chi connectivity index (χ4v) is 1.97. The number of aryl methyl sites for hydroxylation is 1. The van der Waals surface area contributed by atoms with Gasteiger partial charge in [0.2, 0.25) is 0 Å². The second-order valence-corrected chi connectivity index (χ2v) is 4.65. The molecular weight excluding hydrogens is 280 g/mol. The molecule has 5 nitrogen and oxygen atoms in total. The minimum Gasteiger partial charge on any atom is -0.322 e. The number of carbonyl (C=O) groups excluding carboxylic acids is 1. The zero-order valence-electron chi connectivity index (χ0n) is 10.6. The Hall–Kier alpha value is -2.40. The Bertz CT molecular complexity index is 686. The van der Waals surface area contributed by atoms with Gasteiger partial charge in [-0.25, -0.2) is 0 Å². The number of amides is 1. The van der Waals surface area contributed by atoms with Crippen LogP contribution in [0, 0.1) is 17.0 Å². The molecule has 2 aromatic carbocycles. The first-order valence-electron chi connectivity index (χ1n) is 5.79. The molecule has 102 valence electrons. The van der Waals surface area contributed by atoms with Gasteiger partial charge < -0.3 is 5.32 Å². The summed E-state index contributed by atoms with van der Waals surface area (Å²) in [4.78, 5) is 22.1. The summed E-state index contributed by atoms with van der Waals surface area (Å²) >= 11 is 5.78. The third-order valence-corrected chi connectivity index (χ3v) is 2.99. The molecule has 0 aliphatic heterocycles. The van der Waals surface area contributed by atoms with E-state index in [0.717, 1.165) is 5.56 Å². The van der Waals surface area contributed by atoms with Crippen LogP contribution in [0.4, 0.5) is 11.4 Å². The zero-order chi connectivity index (χ0) is 14.7. The number of nitro groups is 1. The minimum absolute atomic E-state index is 0.0631. The summed E-state index contributed by atoms with van der Waals surface area (Å²) in [7, 11) is 0. The van der Waals surface area contributed by atoms with E-state index in [1.165, 1.54) is 18.2 Å². The Morgan fingerprint density at radius 3 is 2.60 bits per heavy atom. The van der Waals surface area contributed by atoms with E-state index in [2.05, 4.69) is 5.32 Å². The van der Waals surface area contributed by atoms with Gasteiger partial charge in [0.25, 0.3) is 11.6 Å². The average molecular weight is 291 g/mol. The fraction of sp³-hybridized carbons (Fsp3) is 0.0714. The number of halogens is 1. The number of nitro benzene ring substituents is 1. The van der Waals surface area contributed by atoms with Crippen molar-refractivity contribution in [3.8, 4) is 0 Å². The van der Waals surface area contributed by atoms with E-state index in [1.54, 1.807) is 6.07 Å². The molecule has 0 aromatic heterocycles. The molecular formula is C14H11ClN2O3. The number of anilines is 1. The van der Waals surface area contributed by atoms with Crippen LogP contribution in [-0.4, -0.2) is 10.8 Å². The number of hydrogen-bond acceptors (Lipinski definition) is 3. The third-order valence-electron chi connectivity index (χ3n) is 2.68. The lowest BCUT2D eigenvalue weighted by Gasteiger charge is -2.06. The van der Waals surface area contributed by atoms with Crippen LogP contribution in [0.3, 0.4) is 0 Å². The maximum absolute atomic E-state index is 12.0. The van der Waals surface area contributed by atoms with E-state index in [1.807, 2.05) is 25.1 Å². The van der Waals surface area contributed by atoms with Crippen LogP contribution in [-0.2, 0) is 0 Å². The van der Waals surface area contributed by atoms with E-state index < -0.39 is 4.92 Å². The monoisotopic (exact) mass is 290 g/mol. The first-order chi connectivity index (χ1) is 9.47. The van der Waals surface area contributed by atoms with E-state index in [0.29, 0.717) is 5.69 Å². The molecule has 20 heavy (non-hydrogen) atoms. The average Bonchev–Trinajstić information content (AvgIpc) is 2.38. The summed E-state index contributed by atoms with van der Waals surface area (Å²) < 4.78 is 0. The van der Waals surface area contributed by atoms with Gasteiger partial charge in [-0.15, -0.1) is 0 Å². The lowest BCUT2D eigenvalue weighted by molar-refractivity contribution is -0.384. The molecule has 0 atom stereocenters. The Labute approximate surface area is 120 Å². The van der Waals surface area contributed by atoms with Gasteiger partial charge in [0, 0.05) is 17.3 Å². The maximum atomic E-state index is 12.0. The van der Waals surface area contributed by atoms with Gasteiger partial charge in [0.15, 0.2) is 0 Å². The molecule has 0 saturated heterocycles. The number of nitrogens with zero attached hydrogens (tertiary/aromatic N) is 1. The van der Waals surface area contributed by atoms with E-state index in [-0.39, 0.29) is 22.2 Å². The van der Waals surface area contributed by atoms with Crippen LogP contribution in [0.5, 0.6) is 0 Å². The number of hydrogen-bond donors (Lipinski definition) is 1. The highest BCUT2D eigenvalue weighted by Gasteiger charge is 2.15. The predicted molar refractivity (Wildman–Crippen MR) is 77.2 cm³/mol. The first-order valence-corrected chi connectivity index (χ1v) is 6.17. The molecule has 1 amide bonds. The molecule has 0 saturated carbocycles. The first kappa shape index (κ1) is 14.0. The molecule has 0 fully saturated rings. The van der Waals surface area contributed by atoms with Crippen molar-refractivity contribution in [3.05, 3.63) is 68.7 Å². The van der Waals surface area contributed by atoms with Crippen molar-refractivity contribution in [2.75, 3.05) is 5.32 Å². The standard InChI is InChI=1S/C14H11ClN2O3/c1-9-3-2-4-11(7-9)16-14(18)10-5-6-13(17(19)20)12(15)8-10/h2-8H,1H3,(H,16,18). The second kappa shape index (κ2) is 5.71. The number of carbonyl (C=O) groups is 1. The predicted octanol–water partition coefficient (Wildman–Crippen LogP) is 3.81. The summed E-state index contributed by atoms with van der Waals surface area (Å²) in [6, 6.07) is 11.2. The Morgan fingerprint density at radius 1 is 1.25 bits per heavy atom. The Kier molecular flexibility index (Phi) is 4.00. The van der Waals surface area contributed by atoms with Crippen LogP contribution >= 0.6 is 11.6 Å². The van der Waals surface area contributed by atoms with E-state index in [9.17, 15) is 14.9 Å². The van der Waals surface area contributed by atoms with Crippen molar-refractivity contribution >= 4 is 28.9 Å². The number of nitrogens with one attached hydrogen (secondary N) is 1. The minimum atomic E-state index is -0.593. The lowest BCUT2D eigenvalue weighted by atomic mass is 10.1. The van der Waals surface area contributed by atoms with Crippen molar-refractivity contribution in [3.63, 3.8) is 0 Å². The molecule has 0 aliphatic carbocycles. The molecule has 2 rings (SSSR count). The molecule has 0 unspecified atom stereocenters. The lowest BCUT2D eigenvalue weighted by Crippen LogP contribution is -2.12. The molecule has 0 bridgehead atoms. The largest absolute Gasteiger partial charge is 0.322 e. The van der Waals surface area contributed by atoms with Crippen LogP contribution in [0.25, 0.3) is 0 Å². The van der Waals surface area contributed by atoms with Gasteiger partial charge >= 0.3 is 0 Å². The number of rotatable bonds is 3. The summed E-state index contributed by atoms with van der Waals surface area (Å²) in [5.74, 6) is -0.368. The maximum Gasteiger partial charge on any atom is 0.287 e. The second-order valence-electron chi connectivity index (χ2n) is 4.25. The molecule has 2 aromatic rings. The highest BCUT2D eigenvalue weighted by atomic mass is 35.5. The molecule has 6 heteroatoms. The van der Waals surface area contributed by atoms with Crippen LogP contribution in [0.1, 0.15) is 15.9 Å². The van der Waals surface area contributed by atoms with Crippen molar-refractivity contribution in [2.24, 2.45) is 0 Å². The van der Waals surface area contributed by atoms with Crippen LogP contribution in [0.15, 0.2) is 42.5 Å². The van der Waals surface area contributed by atoms with Crippen LogP contribution < -0.4 is 5.32 Å². The van der Waals surface area contributed by atoms with Crippen LogP contribution in [0.2, 0.25) is 5.02 Å². The smallest absolute Gasteiger partial charge is 0.287 e. The molecule has 0 heterocycles. The zero-order valence-corrected chi connectivity index (χ0v) is 11.3. The summed E-state index contributed by atoms with van der Waals surface area (Å²) in [6.07, 6.45) is 0. The van der Waals surface area contributed by atoms with Gasteiger partial charge in [0.05, 0.1) is 4.92 Å². The van der Waals surface area contributed by atoms with Crippen molar-refractivity contribution in [1.29, 1.82) is 0 Å². The van der Waals surface area contributed by atoms with Gasteiger partial charge in [-0.2, -0.15) is 0 Å². The molecule has 1 N–H and O–H groups in total. The topological polar surface area (TPSA) is 72.2 Å². The normalized spacial score (nSPS) is 10.1. The Morgan fingerprint density at radius 2 is 2.00 bits per heavy atom. The number of benzene rings is 2. The third kappa shape index (κ3) is 3.13. The Balaban J connectivity index is 2.22. The van der Waals surface area contributed by atoms with Crippen molar-refractivity contribution in [1.82, 2.24) is 0 Å². The van der Waals surface area contributed by atoms with Crippen molar-refractivity contribution in [2.45, 2.75) is 6.92 Å². The highest BCUT2D eigenvalue weighted by molar-refractivity contribution is 6.33. The van der Waals surface area contributed by atoms with Gasteiger partial charge in [-0.05, 0) is 36.8 Å². The summed E-state index contributed by atoms with van der Waals surface area (Å²) in [5.41, 5.74) is 1.72. The van der Waals surface area contributed by atoms with Gasteiger partial charge in [-0.3, -0.25) is 14.9 Å².